The topological polar surface area (TPSA) is 69.1 Å². The van der Waals surface area contributed by atoms with Gasteiger partial charge in [-0.25, -0.2) is 4.98 Å². The van der Waals surface area contributed by atoms with Crippen LogP contribution in [0.1, 0.15) is 110 Å². The van der Waals surface area contributed by atoms with Crippen molar-refractivity contribution in [3.05, 3.63) is 46.5 Å². The third-order valence-corrected chi connectivity index (χ3v) is 9.49. The Morgan fingerprint density at radius 2 is 1.52 bits per heavy atom. The lowest BCUT2D eigenvalue weighted by molar-refractivity contribution is -0.122. The molecule has 1 aliphatic heterocycles. The van der Waals surface area contributed by atoms with E-state index < -0.39 is 0 Å². The lowest BCUT2D eigenvalue weighted by atomic mass is 9.90. The van der Waals surface area contributed by atoms with E-state index in [-0.39, 0.29) is 22.9 Å². The van der Waals surface area contributed by atoms with E-state index in [4.69, 9.17) is 4.98 Å². The third-order valence-electron chi connectivity index (χ3n) is 8.43. The molecule has 2 amide bonds. The van der Waals surface area contributed by atoms with Crippen LogP contribution >= 0.6 is 11.3 Å². The highest BCUT2D eigenvalue weighted by Gasteiger charge is 2.37. The molecule has 2 heterocycles. The molecule has 2 unspecified atom stereocenters. The second-order valence-electron chi connectivity index (χ2n) is 13.4. The molecule has 44 heavy (non-hydrogen) atoms. The predicted octanol–water partition coefficient (Wildman–Crippen LogP) is 8.55. The highest BCUT2D eigenvalue weighted by atomic mass is 32.1. The minimum absolute atomic E-state index is 0.159. The number of thiazole rings is 1. The van der Waals surface area contributed by atoms with Gasteiger partial charge in [-0.05, 0) is 42.9 Å². The first-order chi connectivity index (χ1) is 20.9. The molecule has 0 bridgehead atoms. The van der Waals surface area contributed by atoms with E-state index >= 15 is 0 Å². The molecule has 8 heteroatoms. The molecule has 0 fully saturated rings. The van der Waals surface area contributed by atoms with Gasteiger partial charge in [-0.3, -0.25) is 9.59 Å². The van der Waals surface area contributed by atoms with Crippen LogP contribution in [-0.2, 0) is 15.0 Å². The summed E-state index contributed by atoms with van der Waals surface area (Å²) in [5.41, 5.74) is 1.79. The Labute approximate surface area is 270 Å². The number of hydrogen-bond donors (Lipinski definition) is 0. The van der Waals surface area contributed by atoms with E-state index in [2.05, 4.69) is 58.5 Å². The normalized spacial score (nSPS) is 15.9. The maximum absolute atomic E-state index is 13.9. The molecule has 0 saturated carbocycles. The van der Waals surface area contributed by atoms with Gasteiger partial charge in [-0.2, -0.15) is 10.1 Å². The summed E-state index contributed by atoms with van der Waals surface area (Å²) < 4.78 is 0. The first-order valence-electron chi connectivity index (χ1n) is 16.6. The number of hydrazone groups is 1. The summed E-state index contributed by atoms with van der Waals surface area (Å²) in [4.78, 5) is 37.4. The van der Waals surface area contributed by atoms with Crippen LogP contribution in [0.2, 0.25) is 0 Å². The molecule has 1 aliphatic rings. The number of benzene rings is 1. The van der Waals surface area contributed by atoms with E-state index in [1.165, 1.54) is 48.4 Å². The predicted molar refractivity (Wildman–Crippen MR) is 188 cm³/mol. The van der Waals surface area contributed by atoms with Crippen molar-refractivity contribution < 1.29 is 9.59 Å². The number of nitrogens with zero attached hydrogens (tertiary/aromatic N) is 5. The molecule has 2 atom stereocenters. The van der Waals surface area contributed by atoms with Crippen molar-refractivity contribution >= 4 is 45.8 Å². The minimum atomic E-state index is -0.302. The van der Waals surface area contributed by atoms with Gasteiger partial charge in [0.2, 0.25) is 0 Å². The lowest BCUT2D eigenvalue weighted by Gasteiger charge is -2.30. The Balaban J connectivity index is 2.12. The second-order valence-corrected chi connectivity index (χ2v) is 14.4. The molecule has 0 N–H and O–H groups in total. The number of hydrogen-bond acceptors (Lipinski definition) is 6. The van der Waals surface area contributed by atoms with Gasteiger partial charge in [0, 0.05) is 32.6 Å². The van der Waals surface area contributed by atoms with Crippen molar-refractivity contribution in [3.8, 4) is 0 Å². The van der Waals surface area contributed by atoms with Crippen molar-refractivity contribution in [3.63, 3.8) is 0 Å². The molecule has 0 spiro atoms. The standard InChI is InChI=1S/C36H55N5O2S/c1-10-14-19-26(12-3)24-40(25-27(13-4)20-15-11-2)35-37-32(36(5,6)7)30(44-35)23-29-31(34(43)39(8)9)38-41(33(29)42)28-21-17-16-18-22-28/h16-18,21-23,26-27H,10-15,19-20,24-25H2,1-9H3/b29-23-. The number of carbonyl (C=O) groups excluding carboxylic acids is 2. The van der Waals surface area contributed by atoms with Crippen LogP contribution in [0.4, 0.5) is 10.8 Å². The summed E-state index contributed by atoms with van der Waals surface area (Å²) >= 11 is 1.64. The van der Waals surface area contributed by atoms with Crippen molar-refractivity contribution in [2.75, 3.05) is 37.1 Å². The summed E-state index contributed by atoms with van der Waals surface area (Å²) in [7, 11) is 3.37. The van der Waals surface area contributed by atoms with E-state index in [1.807, 2.05) is 36.4 Å². The van der Waals surface area contributed by atoms with Crippen molar-refractivity contribution in [2.24, 2.45) is 16.9 Å². The summed E-state index contributed by atoms with van der Waals surface area (Å²) in [5.74, 6) is 0.615. The Morgan fingerprint density at radius 3 is 2.00 bits per heavy atom. The van der Waals surface area contributed by atoms with Gasteiger partial charge >= 0.3 is 0 Å². The number of carbonyl (C=O) groups is 2. The molecule has 2 aromatic rings. The van der Waals surface area contributed by atoms with Gasteiger partial charge in [0.25, 0.3) is 11.8 Å². The number of aromatic nitrogens is 1. The third kappa shape index (κ3) is 9.02. The smallest absolute Gasteiger partial charge is 0.281 e. The van der Waals surface area contributed by atoms with E-state index in [0.717, 1.165) is 41.6 Å². The largest absolute Gasteiger partial charge is 0.348 e. The molecule has 0 saturated heterocycles. The van der Waals surface area contributed by atoms with Crippen LogP contribution in [0.3, 0.4) is 0 Å². The fourth-order valence-corrected chi connectivity index (χ4v) is 6.81. The molecule has 1 aromatic carbocycles. The minimum Gasteiger partial charge on any atom is -0.348 e. The van der Waals surface area contributed by atoms with Gasteiger partial charge in [0.05, 0.1) is 21.8 Å². The first kappa shape index (κ1) is 35.5. The van der Waals surface area contributed by atoms with Crippen LogP contribution in [0.15, 0.2) is 41.0 Å². The van der Waals surface area contributed by atoms with Crippen LogP contribution in [0.25, 0.3) is 6.08 Å². The molecule has 0 aliphatic carbocycles. The molecular formula is C36H55N5O2S. The number of rotatable bonds is 16. The summed E-state index contributed by atoms with van der Waals surface area (Å²) in [6.45, 7) is 17.6. The Hall–Kier alpha value is -3.00. The lowest BCUT2D eigenvalue weighted by Crippen LogP contribution is -2.34. The van der Waals surface area contributed by atoms with Crippen LogP contribution in [0.5, 0.6) is 0 Å². The molecular weight excluding hydrogens is 566 g/mol. The van der Waals surface area contributed by atoms with E-state index in [9.17, 15) is 9.59 Å². The summed E-state index contributed by atoms with van der Waals surface area (Å²) in [6, 6.07) is 9.28. The van der Waals surface area contributed by atoms with E-state index in [0.29, 0.717) is 23.1 Å². The molecule has 242 valence electrons. The van der Waals surface area contributed by atoms with Gasteiger partial charge in [0.15, 0.2) is 10.8 Å². The van der Waals surface area contributed by atoms with Gasteiger partial charge < -0.3 is 9.80 Å². The fraction of sp³-hybridized carbons (Fsp3) is 0.611. The number of para-hydroxylation sites is 1. The van der Waals surface area contributed by atoms with Gasteiger partial charge in [-0.15, -0.1) is 0 Å². The highest BCUT2D eigenvalue weighted by molar-refractivity contribution is 7.16. The zero-order chi connectivity index (χ0) is 32.4. The zero-order valence-electron chi connectivity index (χ0n) is 28.7. The average molecular weight is 622 g/mol. The Bertz CT molecular complexity index is 1270. The SMILES string of the molecule is CCCCC(CC)CN(CC(CC)CCCC)c1nc(C(C)(C)C)c(/C=C2\C(=O)N(c3ccccc3)N=C2C(=O)N(C)C)s1. The molecule has 7 nitrogen and oxygen atoms in total. The Kier molecular flexibility index (Phi) is 13.2. The molecule has 0 radical (unpaired) electrons. The van der Waals surface area contributed by atoms with Crippen molar-refractivity contribution in [2.45, 2.75) is 105 Å². The number of anilines is 2. The number of amides is 2. The monoisotopic (exact) mass is 621 g/mol. The summed E-state index contributed by atoms with van der Waals surface area (Å²) in [6.07, 6.45) is 11.5. The maximum Gasteiger partial charge on any atom is 0.281 e. The van der Waals surface area contributed by atoms with Crippen LogP contribution in [0, 0.1) is 11.8 Å². The van der Waals surface area contributed by atoms with Crippen LogP contribution < -0.4 is 9.91 Å². The van der Waals surface area contributed by atoms with Gasteiger partial charge in [-0.1, -0.05) is 117 Å². The van der Waals surface area contributed by atoms with Gasteiger partial charge in [0.1, 0.15) is 0 Å². The van der Waals surface area contributed by atoms with E-state index in [1.54, 1.807) is 25.4 Å². The molecule has 3 rings (SSSR count). The Morgan fingerprint density at radius 1 is 0.955 bits per heavy atom. The molecule has 1 aromatic heterocycles. The first-order valence-corrected chi connectivity index (χ1v) is 17.4. The second kappa shape index (κ2) is 16.4. The number of unbranched alkanes of at least 4 members (excludes halogenated alkanes) is 2. The summed E-state index contributed by atoms with van der Waals surface area (Å²) in [5, 5.41) is 6.89. The van der Waals surface area contributed by atoms with Crippen molar-refractivity contribution in [1.82, 2.24) is 9.88 Å². The fourth-order valence-electron chi connectivity index (χ4n) is 5.57. The zero-order valence-corrected chi connectivity index (χ0v) is 29.5. The van der Waals surface area contributed by atoms with Crippen LogP contribution in [-0.4, -0.2) is 54.6 Å². The quantitative estimate of drug-likeness (QED) is 0.176. The van der Waals surface area contributed by atoms with Crippen molar-refractivity contribution in [1.29, 1.82) is 0 Å². The highest BCUT2D eigenvalue weighted by Crippen LogP contribution is 2.38. The maximum atomic E-state index is 13.9. The average Bonchev–Trinajstić information content (AvgIpc) is 3.58.